The number of hydrogen-bond acceptors (Lipinski definition) is 6. The average Bonchev–Trinajstić information content (AvgIpc) is 2.62. The molecule has 0 heterocycles. The number of guanidine groups is 1. The van der Waals surface area contributed by atoms with Gasteiger partial charge in [-0.2, -0.15) is 0 Å². The predicted molar refractivity (Wildman–Crippen MR) is 109 cm³/mol. The van der Waals surface area contributed by atoms with E-state index in [0.717, 1.165) is 0 Å². The molecule has 0 spiro atoms. The molecule has 0 fully saturated rings. The number of halogens is 2. The van der Waals surface area contributed by atoms with E-state index >= 15 is 0 Å². The van der Waals surface area contributed by atoms with E-state index in [2.05, 4.69) is 20.9 Å². The van der Waals surface area contributed by atoms with E-state index in [9.17, 15) is 19.5 Å². The van der Waals surface area contributed by atoms with Crippen LogP contribution in [0.4, 0.5) is 0 Å². The lowest BCUT2D eigenvalue weighted by atomic mass is 10.1. The van der Waals surface area contributed by atoms with Crippen LogP contribution in [0.5, 0.6) is 0 Å². The van der Waals surface area contributed by atoms with Gasteiger partial charge in [0.1, 0.15) is 6.73 Å². The van der Waals surface area contributed by atoms with Crippen molar-refractivity contribution < 1.29 is 24.2 Å². The highest BCUT2D eigenvalue weighted by Crippen LogP contribution is 2.24. The number of carbonyl (C=O) groups is 3. The Morgan fingerprint density at radius 1 is 1.24 bits per heavy atom. The SMILES string of the molecule is CNCC(=O)NC(C(=O)O)C(C)OCN=C(N)NC(=O)Cc1c(Cl)cccc1Cl. The van der Waals surface area contributed by atoms with Crippen LogP contribution in [0.3, 0.4) is 0 Å². The number of nitrogens with one attached hydrogen (secondary N) is 3. The van der Waals surface area contributed by atoms with E-state index in [0.29, 0.717) is 15.6 Å². The van der Waals surface area contributed by atoms with Crippen molar-refractivity contribution in [3.63, 3.8) is 0 Å². The molecule has 2 unspecified atom stereocenters. The largest absolute Gasteiger partial charge is 0.480 e. The Morgan fingerprint density at radius 2 is 1.86 bits per heavy atom. The summed E-state index contributed by atoms with van der Waals surface area (Å²) in [4.78, 5) is 38.7. The van der Waals surface area contributed by atoms with Crippen molar-refractivity contribution in [2.24, 2.45) is 10.7 Å². The fraction of sp³-hybridized carbons (Fsp3) is 0.412. The van der Waals surface area contributed by atoms with Gasteiger partial charge in [0, 0.05) is 10.0 Å². The van der Waals surface area contributed by atoms with E-state index in [1.807, 2.05) is 0 Å². The van der Waals surface area contributed by atoms with Gasteiger partial charge in [-0.3, -0.25) is 14.9 Å². The van der Waals surface area contributed by atoms with Gasteiger partial charge in [0.05, 0.1) is 19.1 Å². The second-order valence-electron chi connectivity index (χ2n) is 5.88. The van der Waals surface area contributed by atoms with Crippen LogP contribution in [0.25, 0.3) is 0 Å². The van der Waals surface area contributed by atoms with E-state index in [1.54, 1.807) is 25.2 Å². The zero-order valence-electron chi connectivity index (χ0n) is 15.9. The summed E-state index contributed by atoms with van der Waals surface area (Å²) in [5.74, 6) is -2.47. The van der Waals surface area contributed by atoms with Gasteiger partial charge in [0.25, 0.3) is 0 Å². The number of carboxylic acid groups (broad SMARTS) is 1. The number of likely N-dealkylation sites (N-methyl/N-ethyl adjacent to an activating group) is 1. The summed E-state index contributed by atoms with van der Waals surface area (Å²) in [6.45, 7) is 1.09. The molecular formula is C17H23Cl2N5O5. The molecule has 6 N–H and O–H groups in total. The first-order chi connectivity index (χ1) is 13.6. The number of nitrogens with two attached hydrogens (primary N) is 1. The lowest BCUT2D eigenvalue weighted by molar-refractivity contribution is -0.146. The maximum atomic E-state index is 12.0. The molecule has 12 heteroatoms. The number of rotatable bonds is 10. The zero-order chi connectivity index (χ0) is 22.0. The van der Waals surface area contributed by atoms with Gasteiger partial charge in [0.15, 0.2) is 12.0 Å². The molecule has 1 aromatic rings. The van der Waals surface area contributed by atoms with Gasteiger partial charge in [-0.05, 0) is 31.7 Å². The Hall–Kier alpha value is -2.40. The van der Waals surface area contributed by atoms with E-state index in [4.69, 9.17) is 33.7 Å². The Kier molecular flexibility index (Phi) is 10.4. The molecule has 0 radical (unpaired) electrons. The highest BCUT2D eigenvalue weighted by molar-refractivity contribution is 6.36. The maximum absolute atomic E-state index is 12.0. The molecule has 2 atom stereocenters. The first-order valence-corrected chi connectivity index (χ1v) is 9.22. The number of aliphatic carboxylic acids is 1. The average molecular weight is 448 g/mol. The normalized spacial score (nSPS) is 13.4. The first kappa shape index (κ1) is 24.6. The molecule has 160 valence electrons. The van der Waals surface area contributed by atoms with Crippen LogP contribution in [0.1, 0.15) is 12.5 Å². The monoisotopic (exact) mass is 447 g/mol. The van der Waals surface area contributed by atoms with Gasteiger partial charge < -0.3 is 26.2 Å². The minimum atomic E-state index is -1.27. The lowest BCUT2D eigenvalue weighted by Crippen LogP contribution is -2.50. The van der Waals surface area contributed by atoms with Crippen molar-refractivity contribution in [2.75, 3.05) is 20.3 Å². The third-order valence-electron chi connectivity index (χ3n) is 3.63. The van der Waals surface area contributed by atoms with Crippen LogP contribution in [0.15, 0.2) is 23.2 Å². The van der Waals surface area contributed by atoms with E-state index in [-0.39, 0.29) is 25.7 Å². The quantitative estimate of drug-likeness (QED) is 0.252. The summed E-state index contributed by atoms with van der Waals surface area (Å²) in [5, 5.41) is 17.2. The number of carbonyl (C=O) groups excluding carboxylic acids is 2. The van der Waals surface area contributed by atoms with Gasteiger partial charge in [-0.1, -0.05) is 29.3 Å². The number of aliphatic imine (C=N–C) groups is 1. The van der Waals surface area contributed by atoms with E-state index in [1.165, 1.54) is 6.92 Å². The number of nitrogens with zero attached hydrogens (tertiary/aromatic N) is 1. The summed E-state index contributed by atoms with van der Waals surface area (Å²) in [6, 6.07) is 3.60. The Balaban J connectivity index is 2.56. The molecule has 1 rings (SSSR count). The summed E-state index contributed by atoms with van der Waals surface area (Å²) in [6.07, 6.45) is -1.01. The van der Waals surface area contributed by atoms with Crippen LogP contribution in [-0.4, -0.2) is 61.3 Å². The molecular weight excluding hydrogens is 425 g/mol. The lowest BCUT2D eigenvalue weighted by Gasteiger charge is -2.21. The molecule has 1 aromatic carbocycles. The maximum Gasteiger partial charge on any atom is 0.328 e. The van der Waals surface area contributed by atoms with Gasteiger partial charge in [0.2, 0.25) is 11.8 Å². The van der Waals surface area contributed by atoms with Crippen LogP contribution in [0.2, 0.25) is 10.0 Å². The molecule has 0 aliphatic heterocycles. The van der Waals surface area contributed by atoms with Crippen molar-refractivity contribution in [3.05, 3.63) is 33.8 Å². The third-order valence-corrected chi connectivity index (χ3v) is 4.34. The second kappa shape index (κ2) is 12.2. The smallest absolute Gasteiger partial charge is 0.328 e. The molecule has 0 saturated heterocycles. The molecule has 0 saturated carbocycles. The standard InChI is InChI=1S/C17H23Cl2N5O5/c1-9(15(16(27)28)23-14(26)7-21-2)29-8-22-17(20)24-13(25)6-10-11(18)4-3-5-12(10)19/h3-5,9,15,21H,6-8H2,1-2H3,(H,23,26)(H,27,28)(H3,20,22,24,25). The molecule has 2 amide bonds. The third kappa shape index (κ3) is 8.65. The van der Waals surface area contributed by atoms with Crippen LogP contribution in [-0.2, 0) is 25.5 Å². The summed E-state index contributed by atoms with van der Waals surface area (Å²) < 4.78 is 5.28. The van der Waals surface area contributed by atoms with Crippen molar-refractivity contribution >= 4 is 46.9 Å². The van der Waals surface area contributed by atoms with Crippen LogP contribution < -0.4 is 21.7 Å². The number of amides is 2. The Bertz CT molecular complexity index is 754. The van der Waals surface area contributed by atoms with Crippen LogP contribution in [0, 0.1) is 0 Å². The van der Waals surface area contributed by atoms with E-state index < -0.39 is 29.9 Å². The van der Waals surface area contributed by atoms with Gasteiger partial charge >= 0.3 is 5.97 Å². The minimum absolute atomic E-state index is 0.0386. The number of hydrogen-bond donors (Lipinski definition) is 5. The highest BCUT2D eigenvalue weighted by atomic mass is 35.5. The second-order valence-corrected chi connectivity index (χ2v) is 6.70. The summed E-state index contributed by atoms with van der Waals surface area (Å²) in [7, 11) is 1.56. The van der Waals surface area contributed by atoms with Crippen molar-refractivity contribution in [2.45, 2.75) is 25.5 Å². The molecule has 29 heavy (non-hydrogen) atoms. The number of carboxylic acids is 1. The molecule has 0 aliphatic carbocycles. The predicted octanol–water partition coefficient (Wildman–Crippen LogP) is 0.118. The summed E-state index contributed by atoms with van der Waals surface area (Å²) in [5.41, 5.74) is 6.08. The number of benzene rings is 1. The fourth-order valence-corrected chi connectivity index (χ4v) is 2.70. The summed E-state index contributed by atoms with van der Waals surface area (Å²) >= 11 is 12.0. The van der Waals surface area contributed by atoms with Gasteiger partial charge in [-0.15, -0.1) is 0 Å². The Labute approximate surface area is 177 Å². The molecule has 0 bridgehead atoms. The van der Waals surface area contributed by atoms with Crippen molar-refractivity contribution in [1.29, 1.82) is 0 Å². The highest BCUT2D eigenvalue weighted by Gasteiger charge is 2.27. The molecule has 10 nitrogen and oxygen atoms in total. The molecule has 0 aromatic heterocycles. The van der Waals surface area contributed by atoms with Crippen molar-refractivity contribution in [1.82, 2.24) is 16.0 Å². The first-order valence-electron chi connectivity index (χ1n) is 8.46. The van der Waals surface area contributed by atoms with Gasteiger partial charge in [-0.25, -0.2) is 9.79 Å². The topological polar surface area (TPSA) is 155 Å². The molecule has 0 aliphatic rings. The minimum Gasteiger partial charge on any atom is -0.480 e. The van der Waals surface area contributed by atoms with Crippen molar-refractivity contribution in [3.8, 4) is 0 Å². The fourth-order valence-electron chi connectivity index (χ4n) is 2.17. The Morgan fingerprint density at radius 3 is 2.41 bits per heavy atom. The number of ether oxygens (including phenoxy) is 1. The van der Waals surface area contributed by atoms with Crippen LogP contribution >= 0.6 is 23.2 Å². The zero-order valence-corrected chi connectivity index (χ0v) is 17.4.